The van der Waals surface area contributed by atoms with E-state index in [0.29, 0.717) is 13.0 Å². The lowest BCUT2D eigenvalue weighted by Crippen LogP contribution is -2.41. The summed E-state index contributed by atoms with van der Waals surface area (Å²) in [5.41, 5.74) is 2.28. The Morgan fingerprint density at radius 2 is 1.79 bits per heavy atom. The van der Waals surface area contributed by atoms with Crippen molar-refractivity contribution in [1.29, 1.82) is 0 Å². The first-order valence-electron chi connectivity index (χ1n) is 6.10. The highest BCUT2D eigenvalue weighted by molar-refractivity contribution is 5.80. The molecule has 1 rings (SSSR count). The van der Waals surface area contributed by atoms with Gasteiger partial charge in [-0.3, -0.25) is 14.5 Å². The van der Waals surface area contributed by atoms with E-state index in [-0.39, 0.29) is 6.42 Å². The standard InChI is InChI=1S/C14H19NO4/c1-10-3-5-11(6-4-10)7-8-15(2)12(14(18)19)9-13(16)17/h3-6,12H,7-9H2,1-2H3,(H,16,17)(H,18,19). The maximum Gasteiger partial charge on any atom is 0.321 e. The summed E-state index contributed by atoms with van der Waals surface area (Å²) in [5.74, 6) is -2.21. The fourth-order valence-electron chi connectivity index (χ4n) is 1.81. The maximum atomic E-state index is 11.0. The van der Waals surface area contributed by atoms with Gasteiger partial charge in [-0.25, -0.2) is 0 Å². The van der Waals surface area contributed by atoms with Crippen LogP contribution in [0.25, 0.3) is 0 Å². The Hall–Kier alpha value is -1.88. The number of aliphatic carboxylic acids is 2. The van der Waals surface area contributed by atoms with E-state index in [2.05, 4.69) is 0 Å². The van der Waals surface area contributed by atoms with Crippen LogP contribution in [0.1, 0.15) is 17.5 Å². The summed E-state index contributed by atoms with van der Waals surface area (Å²) in [6.45, 7) is 2.51. The molecule has 0 bridgehead atoms. The third kappa shape index (κ3) is 5.09. The molecule has 19 heavy (non-hydrogen) atoms. The highest BCUT2D eigenvalue weighted by atomic mass is 16.4. The van der Waals surface area contributed by atoms with Gasteiger partial charge in [-0.15, -0.1) is 0 Å². The molecule has 0 saturated heterocycles. The van der Waals surface area contributed by atoms with Gasteiger partial charge in [-0.2, -0.15) is 0 Å². The van der Waals surface area contributed by atoms with Crippen LogP contribution in [0.3, 0.4) is 0 Å². The van der Waals surface area contributed by atoms with Gasteiger partial charge < -0.3 is 10.2 Å². The molecule has 0 radical (unpaired) electrons. The summed E-state index contributed by atoms with van der Waals surface area (Å²) in [5, 5.41) is 17.7. The first-order chi connectivity index (χ1) is 8.90. The summed E-state index contributed by atoms with van der Waals surface area (Å²) >= 11 is 0. The van der Waals surface area contributed by atoms with Gasteiger partial charge >= 0.3 is 11.9 Å². The van der Waals surface area contributed by atoms with Gasteiger partial charge in [0.2, 0.25) is 0 Å². The number of likely N-dealkylation sites (N-methyl/N-ethyl adjacent to an activating group) is 1. The van der Waals surface area contributed by atoms with E-state index in [0.717, 1.165) is 5.56 Å². The lowest BCUT2D eigenvalue weighted by molar-refractivity contribution is -0.149. The van der Waals surface area contributed by atoms with E-state index >= 15 is 0 Å². The van der Waals surface area contributed by atoms with Gasteiger partial charge in [0.25, 0.3) is 0 Å². The zero-order chi connectivity index (χ0) is 14.4. The molecule has 1 unspecified atom stereocenters. The van der Waals surface area contributed by atoms with Gasteiger partial charge in [-0.05, 0) is 26.0 Å². The van der Waals surface area contributed by atoms with Crippen LogP contribution in [0.5, 0.6) is 0 Å². The zero-order valence-electron chi connectivity index (χ0n) is 11.2. The molecule has 0 amide bonds. The Labute approximate surface area is 112 Å². The third-order valence-electron chi connectivity index (χ3n) is 3.06. The van der Waals surface area contributed by atoms with Crippen molar-refractivity contribution < 1.29 is 19.8 Å². The van der Waals surface area contributed by atoms with Crippen LogP contribution in [0.15, 0.2) is 24.3 Å². The zero-order valence-corrected chi connectivity index (χ0v) is 11.2. The Morgan fingerprint density at radius 1 is 1.21 bits per heavy atom. The second kappa shape index (κ2) is 6.89. The number of carboxylic acid groups (broad SMARTS) is 2. The molecule has 5 heteroatoms. The molecule has 0 aromatic heterocycles. The highest BCUT2D eigenvalue weighted by Crippen LogP contribution is 2.08. The van der Waals surface area contributed by atoms with Crippen molar-refractivity contribution in [1.82, 2.24) is 4.90 Å². The van der Waals surface area contributed by atoms with E-state index < -0.39 is 18.0 Å². The van der Waals surface area contributed by atoms with Crippen LogP contribution >= 0.6 is 0 Å². The van der Waals surface area contributed by atoms with Crippen molar-refractivity contribution in [2.45, 2.75) is 25.8 Å². The Bertz CT molecular complexity index is 441. The second-order valence-corrected chi connectivity index (χ2v) is 4.67. The van der Waals surface area contributed by atoms with Crippen LogP contribution < -0.4 is 0 Å². The summed E-state index contributed by atoms with van der Waals surface area (Å²) in [6, 6.07) is 7.01. The molecule has 1 aromatic rings. The molecule has 0 fully saturated rings. The smallest absolute Gasteiger partial charge is 0.321 e. The largest absolute Gasteiger partial charge is 0.481 e. The van der Waals surface area contributed by atoms with Crippen LogP contribution in [0.2, 0.25) is 0 Å². The fraction of sp³-hybridized carbons (Fsp3) is 0.429. The fourth-order valence-corrected chi connectivity index (χ4v) is 1.81. The van der Waals surface area contributed by atoms with Crippen molar-refractivity contribution in [2.24, 2.45) is 0 Å². The molecule has 0 aliphatic carbocycles. The van der Waals surface area contributed by atoms with Crippen molar-refractivity contribution in [3.05, 3.63) is 35.4 Å². The predicted molar refractivity (Wildman–Crippen MR) is 71.2 cm³/mol. The molecule has 0 aliphatic heterocycles. The number of carboxylic acids is 2. The summed E-state index contributed by atoms with van der Waals surface area (Å²) < 4.78 is 0. The average molecular weight is 265 g/mol. The van der Waals surface area contributed by atoms with E-state index in [4.69, 9.17) is 10.2 Å². The van der Waals surface area contributed by atoms with Gasteiger partial charge in [0.1, 0.15) is 6.04 Å². The first kappa shape index (κ1) is 15.2. The SMILES string of the molecule is Cc1ccc(CCN(C)C(CC(=O)O)C(=O)O)cc1. The summed E-state index contributed by atoms with van der Waals surface area (Å²) in [4.78, 5) is 23.2. The molecule has 104 valence electrons. The van der Waals surface area contributed by atoms with Crippen molar-refractivity contribution in [2.75, 3.05) is 13.6 Å². The van der Waals surface area contributed by atoms with E-state index in [1.54, 1.807) is 11.9 Å². The molecular formula is C14H19NO4. The van der Waals surface area contributed by atoms with Crippen LogP contribution in [-0.4, -0.2) is 46.7 Å². The number of benzene rings is 1. The monoisotopic (exact) mass is 265 g/mol. The number of hydrogen-bond acceptors (Lipinski definition) is 3. The quantitative estimate of drug-likeness (QED) is 0.779. The summed E-state index contributed by atoms with van der Waals surface area (Å²) in [6.07, 6.45) is 0.305. The van der Waals surface area contributed by atoms with Crippen LogP contribution in [-0.2, 0) is 16.0 Å². The molecule has 0 aliphatic rings. The minimum absolute atomic E-state index is 0.389. The van der Waals surface area contributed by atoms with Crippen molar-refractivity contribution in [3.63, 3.8) is 0 Å². The minimum Gasteiger partial charge on any atom is -0.481 e. The predicted octanol–water partition coefficient (Wildman–Crippen LogP) is 1.40. The molecule has 0 spiro atoms. The van der Waals surface area contributed by atoms with Crippen LogP contribution in [0.4, 0.5) is 0 Å². The molecule has 0 saturated carbocycles. The number of nitrogens with zero attached hydrogens (tertiary/aromatic N) is 1. The molecule has 1 aromatic carbocycles. The first-order valence-corrected chi connectivity index (χ1v) is 6.10. The number of hydrogen-bond donors (Lipinski definition) is 2. The van der Waals surface area contributed by atoms with E-state index in [1.165, 1.54) is 5.56 Å². The van der Waals surface area contributed by atoms with Crippen molar-refractivity contribution in [3.8, 4) is 0 Å². The van der Waals surface area contributed by atoms with Gasteiger partial charge in [0, 0.05) is 6.54 Å². The Balaban J connectivity index is 2.56. The Morgan fingerprint density at radius 3 is 2.26 bits per heavy atom. The van der Waals surface area contributed by atoms with Gasteiger partial charge in [0.15, 0.2) is 0 Å². The number of rotatable bonds is 7. The maximum absolute atomic E-state index is 11.0. The average Bonchev–Trinajstić information content (AvgIpc) is 2.34. The topological polar surface area (TPSA) is 77.8 Å². The highest BCUT2D eigenvalue weighted by Gasteiger charge is 2.25. The molecule has 5 nitrogen and oxygen atoms in total. The van der Waals surface area contributed by atoms with Gasteiger partial charge in [-0.1, -0.05) is 29.8 Å². The van der Waals surface area contributed by atoms with Gasteiger partial charge in [0.05, 0.1) is 6.42 Å². The molecule has 2 N–H and O–H groups in total. The third-order valence-corrected chi connectivity index (χ3v) is 3.06. The molecular weight excluding hydrogens is 246 g/mol. The van der Waals surface area contributed by atoms with E-state index in [9.17, 15) is 9.59 Å². The molecule has 1 atom stereocenters. The normalized spacial score (nSPS) is 12.4. The minimum atomic E-state index is -1.10. The number of carbonyl (C=O) groups is 2. The lowest BCUT2D eigenvalue weighted by atomic mass is 10.1. The molecule has 0 heterocycles. The van der Waals surface area contributed by atoms with E-state index in [1.807, 2.05) is 31.2 Å². The lowest BCUT2D eigenvalue weighted by Gasteiger charge is -2.23. The second-order valence-electron chi connectivity index (χ2n) is 4.67. The van der Waals surface area contributed by atoms with Crippen molar-refractivity contribution >= 4 is 11.9 Å². The number of aryl methyl sites for hydroxylation is 1. The Kier molecular flexibility index (Phi) is 5.51. The summed E-state index contributed by atoms with van der Waals surface area (Å²) in [7, 11) is 1.63. The van der Waals surface area contributed by atoms with Crippen LogP contribution in [0, 0.1) is 6.92 Å².